The largest absolute Gasteiger partial charge is 1.00 e. The normalized spacial score (nSPS) is 0. The van der Waals surface area contributed by atoms with Crippen LogP contribution in [-0.4, -0.2) is 0 Å². The van der Waals surface area contributed by atoms with Crippen molar-refractivity contribution >= 4 is 17.0 Å². The number of rotatable bonds is 0. The van der Waals surface area contributed by atoms with Gasteiger partial charge in [-0.25, -0.2) is 0 Å². The van der Waals surface area contributed by atoms with E-state index in [4.69, 9.17) is 0 Å². The number of hydrogen-bond donors (Lipinski definition) is 0. The van der Waals surface area contributed by atoms with Crippen LogP contribution in [0.2, 0.25) is 0 Å². The predicted molar refractivity (Wildman–Crippen MR) is 16.2 cm³/mol. The molecule has 0 nitrogen and oxygen atoms in total. The van der Waals surface area contributed by atoms with E-state index in [1.54, 1.807) is 0 Å². The summed E-state index contributed by atoms with van der Waals surface area (Å²) in [4.78, 5) is 0. The molecule has 0 bridgehead atoms. The maximum Gasteiger partial charge on any atom is 1.00 e. The summed E-state index contributed by atoms with van der Waals surface area (Å²) in [5.41, 5.74) is 0. The van der Waals surface area contributed by atoms with E-state index in [0.717, 1.165) is 0 Å². The summed E-state index contributed by atoms with van der Waals surface area (Å²) < 4.78 is 0. The second-order valence-electron chi connectivity index (χ2n) is 0. The third kappa shape index (κ3) is 22.6. The van der Waals surface area contributed by atoms with Crippen molar-refractivity contribution in [3.8, 4) is 0 Å². The van der Waals surface area contributed by atoms with Gasteiger partial charge in [-0.2, -0.15) is 0 Å². The molecule has 0 aliphatic rings. The quantitative estimate of drug-likeness (QED) is 0.282. The summed E-state index contributed by atoms with van der Waals surface area (Å²) in [7, 11) is 0. The van der Waals surface area contributed by atoms with Crippen LogP contribution in [0.25, 0.3) is 0 Å². The zero-order valence-corrected chi connectivity index (χ0v) is 5.53. The minimum Gasteiger partial charge on any atom is -1.00 e. The van der Waals surface area contributed by atoms with Crippen LogP contribution in [0, 0.1) is 0 Å². The monoisotopic (exact) mass is 124 g/mol. The van der Waals surface area contributed by atoms with E-state index in [1.807, 2.05) is 0 Å². The minimum atomic E-state index is 0. The van der Waals surface area contributed by atoms with Gasteiger partial charge in [-0.15, -0.1) is 17.0 Å². The van der Waals surface area contributed by atoms with Crippen LogP contribution in [-0.2, 0) is 0 Å². The zero-order chi connectivity index (χ0) is 0. The molecular formula is H5BrFLi3. The summed E-state index contributed by atoms with van der Waals surface area (Å²) in [5.74, 6) is 0. The molecule has 0 spiro atoms. The molecule has 0 saturated heterocycles. The van der Waals surface area contributed by atoms with Gasteiger partial charge in [0.15, 0.2) is 0 Å². The molecule has 0 aliphatic carbocycles. The van der Waals surface area contributed by atoms with E-state index in [2.05, 4.69) is 0 Å². The first-order valence-corrected chi connectivity index (χ1v) is 0. The van der Waals surface area contributed by atoms with Crippen LogP contribution in [0.4, 0.5) is 4.70 Å². The topological polar surface area (TPSA) is 0 Å². The van der Waals surface area contributed by atoms with Crippen LogP contribution in [0.1, 0.15) is 4.28 Å². The molecule has 0 aromatic rings. The maximum atomic E-state index is 0. The van der Waals surface area contributed by atoms with Crippen LogP contribution < -0.4 is 56.6 Å². The molecular weight excluding hydrogens is 120 g/mol. The Bertz CT molecular complexity index is 14.5. The summed E-state index contributed by atoms with van der Waals surface area (Å²) in [6, 6.07) is 0. The Hall–Kier alpha value is 2.20. The third-order valence-electron chi connectivity index (χ3n) is 0. The van der Waals surface area contributed by atoms with Gasteiger partial charge in [-0.3, -0.25) is 4.70 Å². The molecule has 5 heavy (non-hydrogen) atoms. The minimum absolute atomic E-state index is 0. The Labute approximate surface area is 82.0 Å². The molecule has 0 saturated carbocycles. The van der Waals surface area contributed by atoms with Gasteiger partial charge in [0.1, 0.15) is 0 Å². The van der Waals surface area contributed by atoms with Gasteiger partial charge in [0.05, 0.1) is 0 Å². The summed E-state index contributed by atoms with van der Waals surface area (Å²) in [6.45, 7) is 0. The molecule has 0 unspecified atom stereocenters. The average Bonchev–Trinajstić information content (AvgIpc) is 0. The van der Waals surface area contributed by atoms with Crippen molar-refractivity contribution in [1.82, 2.24) is 0 Å². The van der Waals surface area contributed by atoms with Crippen LogP contribution >= 0.6 is 17.0 Å². The predicted octanol–water partition coefficient (Wildman–Crippen LogP) is -7.92. The first kappa shape index (κ1) is 57.1. The summed E-state index contributed by atoms with van der Waals surface area (Å²) >= 11 is 0. The van der Waals surface area contributed by atoms with Gasteiger partial charge < -0.3 is 4.28 Å². The van der Waals surface area contributed by atoms with Crippen molar-refractivity contribution in [3.63, 3.8) is 0 Å². The molecule has 0 rings (SSSR count). The van der Waals surface area contributed by atoms with Gasteiger partial charge >= 0.3 is 56.6 Å². The SMILES string of the molecule is Br.F.[H-].[H-].[H-].[Li+].[Li+].[Li+]. The molecule has 0 fully saturated rings. The number of hydrogen-bond acceptors (Lipinski definition) is 0. The van der Waals surface area contributed by atoms with Crippen molar-refractivity contribution < 1.29 is 65.6 Å². The Balaban J connectivity index is 0. The summed E-state index contributed by atoms with van der Waals surface area (Å²) in [6.07, 6.45) is 0. The molecule has 0 aliphatic heterocycles. The summed E-state index contributed by atoms with van der Waals surface area (Å²) in [5, 5.41) is 0. The second kappa shape index (κ2) is 34.6. The van der Waals surface area contributed by atoms with Crippen molar-refractivity contribution in [3.05, 3.63) is 0 Å². The second-order valence-corrected chi connectivity index (χ2v) is 0. The molecule has 22 valence electrons. The van der Waals surface area contributed by atoms with Crippen molar-refractivity contribution in [2.45, 2.75) is 0 Å². The fourth-order valence-corrected chi connectivity index (χ4v) is 0. The van der Waals surface area contributed by atoms with E-state index in [1.165, 1.54) is 0 Å². The molecule has 0 atom stereocenters. The van der Waals surface area contributed by atoms with Gasteiger partial charge in [0, 0.05) is 0 Å². The first-order chi connectivity index (χ1) is 0. The van der Waals surface area contributed by atoms with Gasteiger partial charge in [-0.1, -0.05) is 0 Å². The molecule has 0 amide bonds. The standard InChI is InChI=1S/BrH.FH.3Li.3H/h2*1H;;;;;;/q;;3*+1;3*-1. The smallest absolute Gasteiger partial charge is 1.00 e. The Kier molecular flexibility index (Phi) is 395. The van der Waals surface area contributed by atoms with Crippen molar-refractivity contribution in [1.29, 1.82) is 0 Å². The zero-order valence-electron chi connectivity index (χ0n) is 6.82. The molecule has 5 heteroatoms. The molecule has 0 N–H and O–H groups in total. The van der Waals surface area contributed by atoms with E-state index < -0.39 is 0 Å². The van der Waals surface area contributed by atoms with Crippen molar-refractivity contribution in [2.75, 3.05) is 0 Å². The molecule has 0 aromatic carbocycles. The molecule has 0 aromatic heterocycles. The van der Waals surface area contributed by atoms with Crippen molar-refractivity contribution in [2.24, 2.45) is 0 Å². The maximum absolute atomic E-state index is 0. The third-order valence-corrected chi connectivity index (χ3v) is 0. The fourth-order valence-electron chi connectivity index (χ4n) is 0. The van der Waals surface area contributed by atoms with E-state index in [0.29, 0.717) is 0 Å². The number of halogens is 2. The Morgan fingerprint density at radius 1 is 0.800 bits per heavy atom. The van der Waals surface area contributed by atoms with Crippen LogP contribution in [0.15, 0.2) is 0 Å². The first-order valence-electron chi connectivity index (χ1n) is 0. The van der Waals surface area contributed by atoms with E-state index >= 15 is 0 Å². The average molecular weight is 125 g/mol. The van der Waals surface area contributed by atoms with Gasteiger partial charge in [0.25, 0.3) is 0 Å². The van der Waals surface area contributed by atoms with Crippen LogP contribution in [0.3, 0.4) is 0 Å². The van der Waals surface area contributed by atoms with E-state index in [-0.39, 0.29) is 82.5 Å². The van der Waals surface area contributed by atoms with Crippen LogP contribution in [0.5, 0.6) is 0 Å². The van der Waals surface area contributed by atoms with E-state index in [9.17, 15) is 0 Å². The van der Waals surface area contributed by atoms with Gasteiger partial charge in [-0.05, 0) is 0 Å². The molecule has 0 radical (unpaired) electrons. The van der Waals surface area contributed by atoms with Gasteiger partial charge in [0.2, 0.25) is 0 Å². The molecule has 0 heterocycles. The fraction of sp³-hybridized carbons (Fsp3) is 0. The Morgan fingerprint density at radius 2 is 0.800 bits per heavy atom. The Morgan fingerprint density at radius 3 is 0.800 bits per heavy atom.